The minimum absolute atomic E-state index is 0.350. The Bertz CT molecular complexity index is 931. The number of benzene rings is 1. The lowest BCUT2D eigenvalue weighted by molar-refractivity contribution is 0.274. The zero-order valence-electron chi connectivity index (χ0n) is 12.2. The second-order valence-corrected chi connectivity index (χ2v) is 5.85. The first-order valence-corrected chi connectivity index (χ1v) is 7.34. The highest BCUT2D eigenvalue weighted by atomic mass is 16.5. The van der Waals surface area contributed by atoms with Crippen LogP contribution in [0.3, 0.4) is 0 Å². The molecule has 3 aromatic rings. The van der Waals surface area contributed by atoms with Gasteiger partial charge in [0.05, 0.1) is 6.26 Å². The molecule has 0 fully saturated rings. The minimum atomic E-state index is 0.350. The summed E-state index contributed by atoms with van der Waals surface area (Å²) in [6, 6.07) is 2.16. The molecule has 2 aromatic heterocycles. The van der Waals surface area contributed by atoms with Gasteiger partial charge < -0.3 is 14.0 Å². The molecule has 0 bridgehead atoms. The SMILES string of the molecule is Cc1coc2c(C)c3oc(=NO)c4c(c3cc12)CCCC4. The summed E-state index contributed by atoms with van der Waals surface area (Å²) in [6.45, 7) is 4.05. The lowest BCUT2D eigenvalue weighted by Crippen LogP contribution is -2.17. The highest BCUT2D eigenvalue weighted by molar-refractivity contribution is 5.99. The number of furan rings is 1. The average Bonchev–Trinajstić information content (AvgIpc) is 2.89. The van der Waals surface area contributed by atoms with Crippen LogP contribution in [0.5, 0.6) is 0 Å². The second-order valence-electron chi connectivity index (χ2n) is 5.85. The molecule has 2 heterocycles. The van der Waals surface area contributed by atoms with Crippen LogP contribution in [0.4, 0.5) is 0 Å². The highest BCUT2D eigenvalue weighted by Crippen LogP contribution is 2.34. The Balaban J connectivity index is 2.25. The molecule has 1 aliphatic rings. The van der Waals surface area contributed by atoms with Crippen molar-refractivity contribution in [2.75, 3.05) is 0 Å². The van der Waals surface area contributed by atoms with Gasteiger partial charge in [0.1, 0.15) is 11.2 Å². The summed E-state index contributed by atoms with van der Waals surface area (Å²) in [6.07, 6.45) is 5.98. The van der Waals surface area contributed by atoms with Crippen molar-refractivity contribution in [2.24, 2.45) is 5.16 Å². The third-order valence-electron chi connectivity index (χ3n) is 4.58. The molecule has 4 heteroatoms. The minimum Gasteiger partial charge on any atom is -0.464 e. The van der Waals surface area contributed by atoms with Gasteiger partial charge >= 0.3 is 0 Å². The molecular formula is C17H17NO3. The van der Waals surface area contributed by atoms with Crippen molar-refractivity contribution < 1.29 is 14.0 Å². The van der Waals surface area contributed by atoms with E-state index in [1.165, 1.54) is 12.0 Å². The van der Waals surface area contributed by atoms with E-state index in [4.69, 9.17) is 8.83 Å². The Morgan fingerprint density at radius 3 is 2.57 bits per heavy atom. The molecule has 1 aromatic carbocycles. The van der Waals surface area contributed by atoms with Crippen LogP contribution >= 0.6 is 0 Å². The van der Waals surface area contributed by atoms with Crippen molar-refractivity contribution in [3.63, 3.8) is 0 Å². The maximum atomic E-state index is 9.27. The Labute approximate surface area is 121 Å². The fraction of sp³-hybridized carbons (Fsp3) is 0.353. The highest BCUT2D eigenvalue weighted by Gasteiger charge is 2.20. The van der Waals surface area contributed by atoms with Crippen molar-refractivity contribution in [3.8, 4) is 0 Å². The predicted octanol–water partition coefficient (Wildman–Crippen LogP) is 3.96. The van der Waals surface area contributed by atoms with Crippen molar-refractivity contribution in [1.29, 1.82) is 0 Å². The van der Waals surface area contributed by atoms with E-state index in [0.717, 1.165) is 57.9 Å². The lowest BCUT2D eigenvalue weighted by atomic mass is 9.89. The third kappa shape index (κ3) is 1.65. The van der Waals surface area contributed by atoms with E-state index in [2.05, 4.69) is 18.1 Å². The van der Waals surface area contributed by atoms with E-state index in [0.29, 0.717) is 5.55 Å². The molecule has 108 valence electrons. The molecule has 21 heavy (non-hydrogen) atoms. The summed E-state index contributed by atoms with van der Waals surface area (Å²) < 4.78 is 11.5. The molecule has 1 N–H and O–H groups in total. The van der Waals surface area contributed by atoms with Crippen LogP contribution in [-0.2, 0) is 12.8 Å². The summed E-state index contributed by atoms with van der Waals surface area (Å²) in [7, 11) is 0. The summed E-state index contributed by atoms with van der Waals surface area (Å²) in [5, 5.41) is 14.9. The number of nitrogens with zero attached hydrogens (tertiary/aromatic N) is 1. The molecule has 4 nitrogen and oxygen atoms in total. The van der Waals surface area contributed by atoms with Crippen LogP contribution in [0, 0.1) is 13.8 Å². The van der Waals surface area contributed by atoms with Gasteiger partial charge in [-0.1, -0.05) is 0 Å². The maximum absolute atomic E-state index is 9.27. The largest absolute Gasteiger partial charge is 0.464 e. The number of rotatable bonds is 0. The lowest BCUT2D eigenvalue weighted by Gasteiger charge is -2.17. The van der Waals surface area contributed by atoms with Gasteiger partial charge in [-0.3, -0.25) is 0 Å². The van der Waals surface area contributed by atoms with Crippen LogP contribution in [0.2, 0.25) is 0 Å². The molecule has 1 aliphatic carbocycles. The first kappa shape index (κ1) is 12.5. The molecule has 0 unspecified atom stereocenters. The summed E-state index contributed by atoms with van der Waals surface area (Å²) in [5.41, 5.74) is 6.39. The average molecular weight is 283 g/mol. The third-order valence-corrected chi connectivity index (χ3v) is 4.58. The first-order valence-electron chi connectivity index (χ1n) is 7.34. The monoisotopic (exact) mass is 283 g/mol. The zero-order valence-corrected chi connectivity index (χ0v) is 12.2. The normalized spacial score (nSPS) is 15.8. The fourth-order valence-corrected chi connectivity index (χ4v) is 3.47. The number of aryl methyl sites for hydroxylation is 3. The molecule has 0 amide bonds. The van der Waals surface area contributed by atoms with E-state index in [-0.39, 0.29) is 0 Å². The Hall–Kier alpha value is -2.23. The van der Waals surface area contributed by atoms with Crippen molar-refractivity contribution >= 4 is 21.9 Å². The Morgan fingerprint density at radius 2 is 1.81 bits per heavy atom. The van der Waals surface area contributed by atoms with Gasteiger partial charge in [0, 0.05) is 21.9 Å². The van der Waals surface area contributed by atoms with Crippen LogP contribution in [0.15, 0.2) is 26.3 Å². The number of hydrogen-bond acceptors (Lipinski definition) is 4. The molecule has 0 radical (unpaired) electrons. The molecule has 0 spiro atoms. The molecule has 4 rings (SSSR count). The van der Waals surface area contributed by atoms with Gasteiger partial charge in [-0.25, -0.2) is 0 Å². The Kier molecular flexibility index (Phi) is 2.61. The molecule has 0 saturated carbocycles. The van der Waals surface area contributed by atoms with E-state index in [1.54, 1.807) is 6.26 Å². The van der Waals surface area contributed by atoms with Crippen molar-refractivity contribution in [2.45, 2.75) is 39.5 Å². The van der Waals surface area contributed by atoms with E-state index in [9.17, 15) is 5.21 Å². The van der Waals surface area contributed by atoms with Gasteiger partial charge in [0.15, 0.2) is 0 Å². The van der Waals surface area contributed by atoms with Crippen LogP contribution in [0.1, 0.15) is 35.1 Å². The second kappa shape index (κ2) is 4.38. The summed E-state index contributed by atoms with van der Waals surface area (Å²) in [4.78, 5) is 0. The summed E-state index contributed by atoms with van der Waals surface area (Å²) >= 11 is 0. The van der Waals surface area contributed by atoms with Crippen LogP contribution < -0.4 is 5.55 Å². The summed E-state index contributed by atoms with van der Waals surface area (Å²) in [5.74, 6) is 0. The smallest absolute Gasteiger partial charge is 0.259 e. The van der Waals surface area contributed by atoms with E-state index in [1.807, 2.05) is 6.92 Å². The zero-order chi connectivity index (χ0) is 14.6. The number of fused-ring (bicyclic) bond motifs is 4. The van der Waals surface area contributed by atoms with Gasteiger partial charge in [0.2, 0.25) is 0 Å². The molecular weight excluding hydrogens is 266 g/mol. The van der Waals surface area contributed by atoms with Gasteiger partial charge in [0.25, 0.3) is 5.55 Å². The fourth-order valence-electron chi connectivity index (χ4n) is 3.47. The van der Waals surface area contributed by atoms with E-state index < -0.39 is 0 Å². The maximum Gasteiger partial charge on any atom is 0.259 e. The van der Waals surface area contributed by atoms with Crippen LogP contribution in [0.25, 0.3) is 21.9 Å². The predicted molar refractivity (Wildman–Crippen MR) is 79.5 cm³/mol. The molecule has 0 aliphatic heterocycles. The molecule has 0 saturated heterocycles. The van der Waals surface area contributed by atoms with Gasteiger partial charge in [-0.2, -0.15) is 0 Å². The first-order chi connectivity index (χ1) is 10.2. The van der Waals surface area contributed by atoms with Gasteiger partial charge in [-0.15, -0.1) is 0 Å². The Morgan fingerprint density at radius 1 is 1.05 bits per heavy atom. The van der Waals surface area contributed by atoms with E-state index >= 15 is 0 Å². The van der Waals surface area contributed by atoms with Gasteiger partial charge in [-0.05, 0) is 61.9 Å². The van der Waals surface area contributed by atoms with Crippen molar-refractivity contribution in [1.82, 2.24) is 0 Å². The topological polar surface area (TPSA) is 58.9 Å². The molecule has 0 atom stereocenters. The number of hydrogen-bond donors (Lipinski definition) is 1. The standard InChI is InChI=1S/C17H17NO3/c1-9-8-20-15-10(2)16-14(7-13(9)15)11-5-3-4-6-12(11)17(18-19)21-16/h7-8,19H,3-6H2,1-2H3. The quantitative estimate of drug-likeness (QED) is 0.501. The van der Waals surface area contributed by atoms with Crippen molar-refractivity contribution in [3.05, 3.63) is 40.1 Å². The van der Waals surface area contributed by atoms with Crippen LogP contribution in [-0.4, -0.2) is 5.21 Å².